The maximum atomic E-state index is 5.94. The fraction of sp³-hybridized carbons (Fsp3) is 0.273. The van der Waals surface area contributed by atoms with Crippen molar-refractivity contribution in [3.8, 4) is 0 Å². The molecule has 0 radical (unpaired) electrons. The van der Waals surface area contributed by atoms with E-state index >= 15 is 0 Å². The summed E-state index contributed by atoms with van der Waals surface area (Å²) in [7, 11) is 0. The molecular formula is C22H26O. The van der Waals surface area contributed by atoms with Crippen LogP contribution in [0.5, 0.6) is 0 Å². The Kier molecular flexibility index (Phi) is 6.37. The van der Waals surface area contributed by atoms with Crippen molar-refractivity contribution in [1.29, 1.82) is 0 Å². The first-order valence-corrected chi connectivity index (χ1v) is 8.16. The summed E-state index contributed by atoms with van der Waals surface area (Å²) in [6.45, 7) is 13.4. The second-order valence-electron chi connectivity index (χ2n) is 6.08. The molecule has 1 nitrogen and oxygen atoms in total. The molecular weight excluding hydrogens is 280 g/mol. The van der Waals surface area contributed by atoms with Crippen molar-refractivity contribution >= 4 is 12.2 Å². The van der Waals surface area contributed by atoms with Crippen LogP contribution in [0.15, 0.2) is 61.7 Å². The summed E-state index contributed by atoms with van der Waals surface area (Å²) in [6.07, 6.45) is 3.73. The van der Waals surface area contributed by atoms with Crippen molar-refractivity contribution < 1.29 is 4.74 Å². The lowest BCUT2D eigenvalue weighted by Gasteiger charge is -2.16. The zero-order chi connectivity index (χ0) is 16.7. The molecule has 2 aromatic carbocycles. The minimum Gasteiger partial charge on any atom is -0.380 e. The van der Waals surface area contributed by atoms with Crippen LogP contribution in [0, 0.1) is 0 Å². The fourth-order valence-corrected chi connectivity index (χ4v) is 2.54. The highest BCUT2D eigenvalue weighted by Gasteiger charge is 2.09. The van der Waals surface area contributed by atoms with Gasteiger partial charge in [0, 0.05) is 11.8 Å². The number of hydrogen-bond acceptors (Lipinski definition) is 1. The van der Waals surface area contributed by atoms with E-state index < -0.39 is 0 Å². The van der Waals surface area contributed by atoms with E-state index in [-0.39, 0.29) is 0 Å². The molecule has 0 spiro atoms. The minimum absolute atomic E-state index is 0.393. The predicted octanol–water partition coefficient (Wildman–Crippen LogP) is 5.90. The van der Waals surface area contributed by atoms with E-state index in [1.807, 2.05) is 12.2 Å². The van der Waals surface area contributed by atoms with Crippen molar-refractivity contribution in [2.45, 2.75) is 25.7 Å². The first-order valence-electron chi connectivity index (χ1n) is 8.16. The molecule has 0 saturated heterocycles. The third kappa shape index (κ3) is 4.94. The standard InChI is InChI=1S/C22H26O/c1-5-19-7-11-21(12-8-19)17(3)15-23-16-18(4)22-13-9-20(6-2)10-14-22/h5-14,17-18H,1-2,15-16H2,3-4H3. The highest BCUT2D eigenvalue weighted by Crippen LogP contribution is 2.20. The SMILES string of the molecule is C=Cc1ccc(C(C)COCC(C)c2ccc(C=C)cc2)cc1. The van der Waals surface area contributed by atoms with E-state index in [0.717, 1.165) is 24.3 Å². The zero-order valence-corrected chi connectivity index (χ0v) is 14.2. The molecule has 0 amide bonds. The van der Waals surface area contributed by atoms with Crippen LogP contribution in [0.25, 0.3) is 12.2 Å². The van der Waals surface area contributed by atoms with Gasteiger partial charge in [-0.15, -0.1) is 0 Å². The van der Waals surface area contributed by atoms with Crippen LogP contribution in [0.4, 0.5) is 0 Å². The smallest absolute Gasteiger partial charge is 0.0532 e. The molecule has 23 heavy (non-hydrogen) atoms. The third-order valence-corrected chi connectivity index (χ3v) is 4.22. The van der Waals surface area contributed by atoms with Gasteiger partial charge in [0.1, 0.15) is 0 Å². The van der Waals surface area contributed by atoms with Crippen molar-refractivity contribution in [2.75, 3.05) is 13.2 Å². The van der Waals surface area contributed by atoms with Gasteiger partial charge < -0.3 is 4.74 Å². The van der Waals surface area contributed by atoms with E-state index in [4.69, 9.17) is 4.74 Å². The normalized spacial score (nSPS) is 13.3. The Balaban J connectivity index is 1.82. The van der Waals surface area contributed by atoms with Crippen LogP contribution < -0.4 is 0 Å². The Labute approximate surface area is 140 Å². The summed E-state index contributed by atoms with van der Waals surface area (Å²) in [5.41, 5.74) is 4.91. The molecule has 0 saturated carbocycles. The number of ether oxygens (including phenoxy) is 1. The number of benzene rings is 2. The maximum Gasteiger partial charge on any atom is 0.0532 e. The molecule has 2 atom stereocenters. The molecule has 0 aliphatic heterocycles. The largest absolute Gasteiger partial charge is 0.380 e. The van der Waals surface area contributed by atoms with Gasteiger partial charge in [-0.2, -0.15) is 0 Å². The quantitative estimate of drug-likeness (QED) is 0.590. The second kappa shape index (κ2) is 8.50. The summed E-state index contributed by atoms with van der Waals surface area (Å²) in [4.78, 5) is 0. The van der Waals surface area contributed by atoms with E-state index in [0.29, 0.717) is 11.8 Å². The van der Waals surface area contributed by atoms with Gasteiger partial charge in [-0.3, -0.25) is 0 Å². The van der Waals surface area contributed by atoms with E-state index in [2.05, 4.69) is 75.5 Å². The van der Waals surface area contributed by atoms with Crippen molar-refractivity contribution in [3.63, 3.8) is 0 Å². The molecule has 2 rings (SSSR count). The average Bonchev–Trinajstić information content (AvgIpc) is 2.61. The maximum absolute atomic E-state index is 5.94. The van der Waals surface area contributed by atoms with Crippen LogP contribution in [-0.2, 0) is 4.74 Å². The van der Waals surface area contributed by atoms with Crippen LogP contribution >= 0.6 is 0 Å². The summed E-state index contributed by atoms with van der Waals surface area (Å²) in [5, 5.41) is 0. The molecule has 2 aromatic rings. The molecule has 0 heterocycles. The van der Waals surface area contributed by atoms with Crippen LogP contribution in [0.1, 0.15) is 47.9 Å². The molecule has 0 fully saturated rings. The highest BCUT2D eigenvalue weighted by molar-refractivity contribution is 5.48. The van der Waals surface area contributed by atoms with Gasteiger partial charge in [0.2, 0.25) is 0 Å². The molecule has 120 valence electrons. The molecule has 0 aliphatic carbocycles. The summed E-state index contributed by atoms with van der Waals surface area (Å²) in [6, 6.07) is 17.0. The van der Waals surface area contributed by atoms with Crippen LogP contribution in [0.2, 0.25) is 0 Å². The lowest BCUT2D eigenvalue weighted by molar-refractivity contribution is 0.113. The topological polar surface area (TPSA) is 9.23 Å². The van der Waals surface area contributed by atoms with Gasteiger partial charge in [0.15, 0.2) is 0 Å². The molecule has 1 heteroatoms. The average molecular weight is 306 g/mol. The minimum atomic E-state index is 0.393. The van der Waals surface area contributed by atoms with Crippen molar-refractivity contribution in [3.05, 3.63) is 83.9 Å². The first-order chi connectivity index (χ1) is 11.1. The fourth-order valence-electron chi connectivity index (χ4n) is 2.54. The number of rotatable bonds is 8. The summed E-state index contributed by atoms with van der Waals surface area (Å²) >= 11 is 0. The molecule has 0 aromatic heterocycles. The van der Waals surface area contributed by atoms with E-state index in [1.54, 1.807) is 0 Å². The zero-order valence-electron chi connectivity index (χ0n) is 14.2. The highest BCUT2D eigenvalue weighted by atomic mass is 16.5. The van der Waals surface area contributed by atoms with Gasteiger partial charge in [-0.25, -0.2) is 0 Å². The Morgan fingerprint density at radius 1 is 0.739 bits per heavy atom. The lowest BCUT2D eigenvalue weighted by Crippen LogP contribution is -2.10. The summed E-state index contributed by atoms with van der Waals surface area (Å²) in [5.74, 6) is 0.786. The predicted molar refractivity (Wildman–Crippen MR) is 101 cm³/mol. The molecule has 0 bridgehead atoms. The van der Waals surface area contributed by atoms with Crippen LogP contribution in [-0.4, -0.2) is 13.2 Å². The van der Waals surface area contributed by atoms with Gasteiger partial charge >= 0.3 is 0 Å². The Hall–Kier alpha value is -2.12. The molecule has 0 N–H and O–H groups in total. The molecule has 2 unspecified atom stereocenters. The summed E-state index contributed by atoms with van der Waals surface area (Å²) < 4.78 is 5.94. The van der Waals surface area contributed by atoms with Gasteiger partial charge in [-0.1, -0.05) is 87.7 Å². The van der Waals surface area contributed by atoms with Gasteiger partial charge in [0.05, 0.1) is 13.2 Å². The third-order valence-electron chi connectivity index (χ3n) is 4.22. The van der Waals surface area contributed by atoms with Crippen molar-refractivity contribution in [2.24, 2.45) is 0 Å². The van der Waals surface area contributed by atoms with E-state index in [1.165, 1.54) is 11.1 Å². The van der Waals surface area contributed by atoms with Gasteiger partial charge in [0.25, 0.3) is 0 Å². The Bertz CT molecular complexity index is 565. The van der Waals surface area contributed by atoms with Crippen molar-refractivity contribution in [1.82, 2.24) is 0 Å². The Morgan fingerprint density at radius 2 is 1.09 bits per heavy atom. The lowest BCUT2D eigenvalue weighted by atomic mass is 9.99. The monoisotopic (exact) mass is 306 g/mol. The van der Waals surface area contributed by atoms with Crippen LogP contribution in [0.3, 0.4) is 0 Å². The first kappa shape index (κ1) is 17.2. The second-order valence-corrected chi connectivity index (χ2v) is 6.08. The molecule has 0 aliphatic rings. The Morgan fingerprint density at radius 3 is 1.39 bits per heavy atom. The number of hydrogen-bond donors (Lipinski definition) is 0. The van der Waals surface area contributed by atoms with Gasteiger partial charge in [-0.05, 0) is 22.3 Å². The van der Waals surface area contributed by atoms with E-state index in [9.17, 15) is 0 Å².